The Morgan fingerprint density at radius 3 is 2.67 bits per heavy atom. The molecule has 0 aliphatic heterocycles. The smallest absolute Gasteiger partial charge is 0.125 e. The van der Waals surface area contributed by atoms with Gasteiger partial charge in [0.15, 0.2) is 0 Å². The van der Waals surface area contributed by atoms with Gasteiger partial charge in [0.1, 0.15) is 17.3 Å². The van der Waals surface area contributed by atoms with Gasteiger partial charge in [-0.1, -0.05) is 12.1 Å². The van der Waals surface area contributed by atoms with E-state index in [1.165, 1.54) is 11.1 Å². The maximum Gasteiger partial charge on any atom is 0.125 e. The van der Waals surface area contributed by atoms with Crippen molar-refractivity contribution in [2.75, 3.05) is 0 Å². The summed E-state index contributed by atoms with van der Waals surface area (Å²) in [5.74, 6) is 3.18. The molecule has 3 rings (SSSR count). The Bertz CT molecular complexity index is 801. The molecule has 0 bridgehead atoms. The molecule has 21 heavy (non-hydrogen) atoms. The van der Waals surface area contributed by atoms with Gasteiger partial charge in [-0.3, -0.25) is 0 Å². The molecule has 1 atom stereocenters. The molecule has 0 fully saturated rings. The summed E-state index contributed by atoms with van der Waals surface area (Å²) < 4.78 is 7.91. The van der Waals surface area contributed by atoms with Crippen LogP contribution in [0, 0.1) is 20.8 Å². The molecule has 0 aliphatic rings. The Kier molecular flexibility index (Phi) is 3.54. The Hall–Kier alpha value is -1.74. The maximum absolute atomic E-state index is 6.13. The van der Waals surface area contributed by atoms with Gasteiger partial charge in [-0.2, -0.15) is 0 Å². The second-order valence-corrected chi connectivity index (χ2v) is 5.79. The standard InChI is InChI=1S/C17H19ClN2O/c1-10-6-5-7-15-17(10)20(16(9-18)19-15)12(3)14-8-11(2)21-13(14)4/h5-8,12H,9H2,1-4H3. The van der Waals surface area contributed by atoms with E-state index in [-0.39, 0.29) is 6.04 Å². The van der Waals surface area contributed by atoms with Crippen LogP contribution in [0.5, 0.6) is 0 Å². The first kappa shape index (κ1) is 14.2. The molecular formula is C17H19ClN2O. The second kappa shape index (κ2) is 5.23. The molecule has 1 unspecified atom stereocenters. The third kappa shape index (κ3) is 2.26. The van der Waals surface area contributed by atoms with Gasteiger partial charge in [0, 0.05) is 5.56 Å². The van der Waals surface area contributed by atoms with Crippen molar-refractivity contribution in [3.8, 4) is 0 Å². The van der Waals surface area contributed by atoms with Crippen LogP contribution in [0.1, 0.15) is 41.4 Å². The lowest BCUT2D eigenvalue weighted by molar-refractivity contribution is 0.494. The van der Waals surface area contributed by atoms with Gasteiger partial charge in [-0.25, -0.2) is 4.98 Å². The molecule has 0 aliphatic carbocycles. The zero-order valence-electron chi connectivity index (χ0n) is 12.8. The number of halogens is 1. The summed E-state index contributed by atoms with van der Waals surface area (Å²) in [4.78, 5) is 4.68. The lowest BCUT2D eigenvalue weighted by Gasteiger charge is -2.17. The van der Waals surface area contributed by atoms with Gasteiger partial charge in [0.25, 0.3) is 0 Å². The quantitative estimate of drug-likeness (QED) is 0.644. The number of hydrogen-bond acceptors (Lipinski definition) is 2. The monoisotopic (exact) mass is 302 g/mol. The molecular weight excluding hydrogens is 284 g/mol. The minimum atomic E-state index is 0.141. The van der Waals surface area contributed by atoms with Crippen molar-refractivity contribution in [3.05, 3.63) is 52.7 Å². The molecule has 2 aromatic heterocycles. The number of benzene rings is 1. The van der Waals surface area contributed by atoms with E-state index in [4.69, 9.17) is 16.0 Å². The van der Waals surface area contributed by atoms with Crippen LogP contribution in [-0.2, 0) is 5.88 Å². The van der Waals surface area contributed by atoms with Gasteiger partial charge < -0.3 is 8.98 Å². The topological polar surface area (TPSA) is 31.0 Å². The van der Waals surface area contributed by atoms with Crippen LogP contribution in [0.25, 0.3) is 11.0 Å². The number of alkyl halides is 1. The lowest BCUT2D eigenvalue weighted by atomic mass is 10.1. The third-order valence-corrected chi connectivity index (χ3v) is 4.26. The van der Waals surface area contributed by atoms with Crippen LogP contribution in [0.4, 0.5) is 0 Å². The first-order valence-electron chi connectivity index (χ1n) is 7.12. The van der Waals surface area contributed by atoms with Crippen molar-refractivity contribution in [2.45, 2.75) is 39.6 Å². The van der Waals surface area contributed by atoms with Gasteiger partial charge in [0.2, 0.25) is 0 Å². The summed E-state index contributed by atoms with van der Waals surface area (Å²) in [6.07, 6.45) is 0. The van der Waals surface area contributed by atoms with Crippen LogP contribution in [0.3, 0.4) is 0 Å². The number of rotatable bonds is 3. The first-order chi connectivity index (χ1) is 10.0. The normalized spacial score (nSPS) is 13.0. The zero-order chi connectivity index (χ0) is 15.1. The largest absolute Gasteiger partial charge is 0.466 e. The molecule has 0 N–H and O–H groups in total. The van der Waals surface area contributed by atoms with Crippen LogP contribution in [0.2, 0.25) is 0 Å². The summed E-state index contributed by atoms with van der Waals surface area (Å²) in [5, 5.41) is 0. The van der Waals surface area contributed by atoms with E-state index in [0.717, 1.165) is 28.4 Å². The van der Waals surface area contributed by atoms with Crippen LogP contribution >= 0.6 is 11.6 Å². The summed E-state index contributed by atoms with van der Waals surface area (Å²) in [5.41, 5.74) is 4.54. The van der Waals surface area contributed by atoms with Crippen molar-refractivity contribution in [1.29, 1.82) is 0 Å². The van der Waals surface area contributed by atoms with Gasteiger partial charge >= 0.3 is 0 Å². The number of aromatic nitrogens is 2. The maximum atomic E-state index is 6.13. The van der Waals surface area contributed by atoms with Crippen molar-refractivity contribution >= 4 is 22.6 Å². The van der Waals surface area contributed by atoms with E-state index < -0.39 is 0 Å². The number of aryl methyl sites for hydroxylation is 3. The molecule has 3 aromatic rings. The number of hydrogen-bond donors (Lipinski definition) is 0. The molecule has 0 saturated heterocycles. The minimum absolute atomic E-state index is 0.141. The van der Waals surface area contributed by atoms with E-state index in [1.807, 2.05) is 26.0 Å². The zero-order valence-corrected chi connectivity index (χ0v) is 13.5. The summed E-state index contributed by atoms with van der Waals surface area (Å²) >= 11 is 6.13. The summed E-state index contributed by atoms with van der Waals surface area (Å²) in [6, 6.07) is 8.42. The minimum Gasteiger partial charge on any atom is -0.466 e. The SMILES string of the molecule is Cc1cc(C(C)n2c(CCl)nc3cccc(C)c32)c(C)o1. The highest BCUT2D eigenvalue weighted by atomic mass is 35.5. The molecule has 1 aromatic carbocycles. The van der Waals surface area contributed by atoms with Crippen molar-refractivity contribution < 1.29 is 4.42 Å². The Balaban J connectivity index is 2.25. The fourth-order valence-electron chi connectivity index (χ4n) is 3.08. The highest BCUT2D eigenvalue weighted by molar-refractivity contribution is 6.16. The number of imidazole rings is 1. The molecule has 0 saturated carbocycles. The predicted molar refractivity (Wildman–Crippen MR) is 86.0 cm³/mol. The number of furan rings is 1. The Morgan fingerprint density at radius 1 is 1.29 bits per heavy atom. The molecule has 0 amide bonds. The van der Waals surface area contributed by atoms with Crippen LogP contribution in [-0.4, -0.2) is 9.55 Å². The average molecular weight is 303 g/mol. The number of fused-ring (bicyclic) bond motifs is 1. The number of nitrogens with zero attached hydrogens (tertiary/aromatic N) is 2. The first-order valence-corrected chi connectivity index (χ1v) is 7.65. The molecule has 4 heteroatoms. The molecule has 110 valence electrons. The van der Waals surface area contributed by atoms with Crippen molar-refractivity contribution in [1.82, 2.24) is 9.55 Å². The average Bonchev–Trinajstić information content (AvgIpc) is 2.98. The van der Waals surface area contributed by atoms with Crippen molar-refractivity contribution in [2.24, 2.45) is 0 Å². The van der Waals surface area contributed by atoms with E-state index in [9.17, 15) is 0 Å². The van der Waals surface area contributed by atoms with E-state index >= 15 is 0 Å². The lowest BCUT2D eigenvalue weighted by Crippen LogP contribution is -2.10. The number of para-hydroxylation sites is 1. The summed E-state index contributed by atoms with van der Waals surface area (Å²) in [6.45, 7) is 8.26. The van der Waals surface area contributed by atoms with Gasteiger partial charge in [-0.15, -0.1) is 11.6 Å². The third-order valence-electron chi connectivity index (χ3n) is 4.02. The Morgan fingerprint density at radius 2 is 2.05 bits per heavy atom. The fourth-order valence-corrected chi connectivity index (χ4v) is 3.27. The highest BCUT2D eigenvalue weighted by Gasteiger charge is 2.21. The second-order valence-electron chi connectivity index (χ2n) is 5.52. The molecule has 3 nitrogen and oxygen atoms in total. The highest BCUT2D eigenvalue weighted by Crippen LogP contribution is 2.31. The van der Waals surface area contributed by atoms with E-state index in [0.29, 0.717) is 5.88 Å². The fraction of sp³-hybridized carbons (Fsp3) is 0.353. The van der Waals surface area contributed by atoms with Gasteiger partial charge in [0.05, 0.1) is 23.0 Å². The van der Waals surface area contributed by atoms with Gasteiger partial charge in [-0.05, 0) is 45.4 Å². The molecule has 0 spiro atoms. The summed E-state index contributed by atoms with van der Waals surface area (Å²) in [7, 11) is 0. The van der Waals surface area contributed by atoms with E-state index in [1.54, 1.807) is 0 Å². The molecule has 2 heterocycles. The van der Waals surface area contributed by atoms with Crippen LogP contribution in [0.15, 0.2) is 28.7 Å². The van der Waals surface area contributed by atoms with E-state index in [2.05, 4.69) is 35.5 Å². The predicted octanol–water partition coefficient (Wildman–Crippen LogP) is 4.90. The molecule has 0 radical (unpaired) electrons. The van der Waals surface area contributed by atoms with Crippen LogP contribution < -0.4 is 0 Å². The Labute approximate surface area is 129 Å². The van der Waals surface area contributed by atoms with Crippen molar-refractivity contribution in [3.63, 3.8) is 0 Å².